The van der Waals surface area contributed by atoms with Crippen LogP contribution in [0.3, 0.4) is 0 Å². The number of likely N-dealkylation sites (tertiary alicyclic amines) is 1. The lowest BCUT2D eigenvalue weighted by Gasteiger charge is -2.39. The number of nitrogens with one attached hydrogen (secondary N) is 1. The second-order valence-corrected chi connectivity index (χ2v) is 16.5. The first-order chi connectivity index (χ1) is 25.7. The van der Waals surface area contributed by atoms with E-state index in [1.165, 1.54) is 11.3 Å². The summed E-state index contributed by atoms with van der Waals surface area (Å²) in [6.07, 6.45) is 7.04. The molecule has 1 fully saturated rings. The standard InChI is InChI=1S/C42H65N5O6S/c1-9-19-53-26-47(42(52)34(28(5)10-2)23-38(49)36-13-11-12-18-46(36)8)37(27(3)4)21-30(7)41-45-35(25-54-41)40(51)44-32(20-29(6)39(50)24-43)22-31-14-16-33(48)17-15-31/h9,14-17,25,27-30,32,34,36-37,48H,1,10-13,18-24,26,43H2,2-8H3,(H,44,51)/t28?,29-,30+,32+,34-,36+,37?/m0/s1. The number of nitrogens with two attached hydrogens (primary N) is 1. The van der Waals surface area contributed by atoms with Crippen molar-refractivity contribution in [3.63, 3.8) is 0 Å². The number of ketones is 2. The first-order valence-electron chi connectivity index (χ1n) is 19.7. The maximum atomic E-state index is 14.6. The molecule has 300 valence electrons. The molecular weight excluding hydrogens is 703 g/mol. The van der Waals surface area contributed by atoms with Gasteiger partial charge in [0, 0.05) is 41.6 Å². The van der Waals surface area contributed by atoms with Crippen molar-refractivity contribution in [1.29, 1.82) is 0 Å². The van der Waals surface area contributed by atoms with Crippen LogP contribution in [0.2, 0.25) is 0 Å². The highest BCUT2D eigenvalue weighted by molar-refractivity contribution is 7.09. The Morgan fingerprint density at radius 2 is 1.83 bits per heavy atom. The van der Waals surface area contributed by atoms with Gasteiger partial charge in [-0.15, -0.1) is 17.9 Å². The minimum absolute atomic E-state index is 0.0109. The highest BCUT2D eigenvalue weighted by Crippen LogP contribution is 2.32. The third-order valence-electron chi connectivity index (χ3n) is 11.0. The quantitative estimate of drug-likeness (QED) is 0.0666. The van der Waals surface area contributed by atoms with E-state index in [9.17, 15) is 24.3 Å². The summed E-state index contributed by atoms with van der Waals surface area (Å²) in [5.41, 5.74) is 6.83. The number of aromatic hydroxyl groups is 1. The van der Waals surface area contributed by atoms with Crippen LogP contribution in [0.5, 0.6) is 5.75 Å². The van der Waals surface area contributed by atoms with Crippen molar-refractivity contribution in [2.45, 2.75) is 117 Å². The predicted octanol–water partition coefficient (Wildman–Crippen LogP) is 6.36. The second kappa shape index (κ2) is 22.2. The highest BCUT2D eigenvalue weighted by Gasteiger charge is 2.38. The smallest absolute Gasteiger partial charge is 0.270 e. The topological polar surface area (TPSA) is 155 Å². The van der Waals surface area contributed by atoms with Gasteiger partial charge >= 0.3 is 0 Å². The minimum Gasteiger partial charge on any atom is -0.508 e. The summed E-state index contributed by atoms with van der Waals surface area (Å²) in [7, 11) is 2.00. The molecule has 2 amide bonds. The number of rotatable bonds is 23. The SMILES string of the molecule is C=CCOCN(C(=O)[C@@H](CC(=O)[C@H]1CCCCN1C)C(C)CC)C(C[C@@H](C)c1nc(C(=O)N[C@@H](Cc2ccc(O)cc2)C[C@H](C)C(=O)CN)cs1)C(C)C. The van der Waals surface area contributed by atoms with Crippen molar-refractivity contribution in [2.24, 2.45) is 29.4 Å². The van der Waals surface area contributed by atoms with Crippen LogP contribution in [0, 0.1) is 23.7 Å². The molecule has 1 aromatic carbocycles. The van der Waals surface area contributed by atoms with E-state index in [1.54, 1.807) is 35.7 Å². The molecule has 1 aliphatic rings. The number of thiazole rings is 1. The first-order valence-corrected chi connectivity index (χ1v) is 20.6. The number of benzene rings is 1. The van der Waals surface area contributed by atoms with E-state index in [2.05, 4.69) is 51.4 Å². The van der Waals surface area contributed by atoms with Crippen LogP contribution < -0.4 is 11.1 Å². The molecule has 0 radical (unpaired) electrons. The van der Waals surface area contributed by atoms with Gasteiger partial charge in [-0.25, -0.2) is 4.98 Å². The Hall–Kier alpha value is -3.45. The Kier molecular flexibility index (Phi) is 18.5. The van der Waals surface area contributed by atoms with E-state index in [0.29, 0.717) is 31.6 Å². The Labute approximate surface area is 327 Å². The Morgan fingerprint density at radius 1 is 1.13 bits per heavy atom. The van der Waals surface area contributed by atoms with Crippen LogP contribution in [0.15, 0.2) is 42.3 Å². The van der Waals surface area contributed by atoms with Crippen LogP contribution in [-0.4, -0.2) is 94.9 Å². The predicted molar refractivity (Wildman–Crippen MR) is 215 cm³/mol. The second-order valence-electron chi connectivity index (χ2n) is 15.6. The summed E-state index contributed by atoms with van der Waals surface area (Å²) in [6.45, 7) is 17.2. The van der Waals surface area contributed by atoms with E-state index >= 15 is 0 Å². The molecule has 0 aliphatic carbocycles. The van der Waals surface area contributed by atoms with Gasteiger partial charge in [0.05, 0.1) is 24.2 Å². The monoisotopic (exact) mass is 767 g/mol. The molecule has 2 unspecified atom stereocenters. The van der Waals surface area contributed by atoms with Crippen LogP contribution in [0.25, 0.3) is 0 Å². The number of hydrogen-bond acceptors (Lipinski definition) is 10. The molecule has 1 aromatic heterocycles. The molecule has 1 saturated heterocycles. The van der Waals surface area contributed by atoms with E-state index in [0.717, 1.165) is 42.8 Å². The van der Waals surface area contributed by atoms with Gasteiger partial charge in [-0.05, 0) is 75.2 Å². The molecule has 54 heavy (non-hydrogen) atoms. The molecule has 12 heteroatoms. The molecule has 2 heterocycles. The van der Waals surface area contributed by atoms with Gasteiger partial charge in [-0.2, -0.15) is 0 Å². The number of phenolic OH excluding ortho intramolecular Hbond substituents is 1. The van der Waals surface area contributed by atoms with Gasteiger partial charge in [-0.3, -0.25) is 24.1 Å². The number of phenols is 1. The Balaban J connectivity index is 1.81. The first kappa shape index (κ1) is 44.9. The van der Waals surface area contributed by atoms with E-state index in [1.807, 2.05) is 18.9 Å². The lowest BCUT2D eigenvalue weighted by molar-refractivity contribution is -0.150. The van der Waals surface area contributed by atoms with Gasteiger partial charge in [0.1, 0.15) is 24.0 Å². The normalized spacial score (nSPS) is 18.3. The maximum Gasteiger partial charge on any atom is 0.270 e. The summed E-state index contributed by atoms with van der Waals surface area (Å²) >= 11 is 1.41. The highest BCUT2D eigenvalue weighted by atomic mass is 32.1. The molecule has 3 rings (SSSR count). The van der Waals surface area contributed by atoms with Gasteiger partial charge in [0.15, 0.2) is 5.78 Å². The lowest BCUT2D eigenvalue weighted by Crippen LogP contribution is -2.50. The summed E-state index contributed by atoms with van der Waals surface area (Å²) < 4.78 is 5.94. The van der Waals surface area contributed by atoms with Crippen LogP contribution in [0.4, 0.5) is 0 Å². The molecule has 0 spiro atoms. The zero-order valence-electron chi connectivity index (χ0n) is 33.6. The number of piperidine rings is 1. The van der Waals surface area contributed by atoms with Gasteiger partial charge < -0.3 is 25.8 Å². The zero-order valence-corrected chi connectivity index (χ0v) is 34.4. The van der Waals surface area contributed by atoms with E-state index in [-0.39, 0.29) is 90.6 Å². The Bertz CT molecular complexity index is 1510. The molecule has 0 bridgehead atoms. The molecule has 2 aromatic rings. The van der Waals surface area contributed by atoms with E-state index in [4.69, 9.17) is 15.5 Å². The summed E-state index contributed by atoms with van der Waals surface area (Å²) in [6, 6.07) is 6.07. The Morgan fingerprint density at radius 3 is 2.44 bits per heavy atom. The number of carbonyl (C=O) groups is 4. The number of ether oxygens (including phenoxy) is 1. The average Bonchev–Trinajstić information content (AvgIpc) is 3.66. The summed E-state index contributed by atoms with van der Waals surface area (Å²) in [4.78, 5) is 63.0. The van der Waals surface area contributed by atoms with Crippen LogP contribution in [0.1, 0.15) is 113 Å². The number of amides is 2. The largest absolute Gasteiger partial charge is 0.508 e. The van der Waals surface area contributed by atoms with Crippen molar-refractivity contribution in [3.05, 3.63) is 58.6 Å². The number of hydrogen-bond donors (Lipinski definition) is 3. The third kappa shape index (κ3) is 13.1. The van der Waals surface area contributed by atoms with Crippen LogP contribution in [-0.2, 0) is 25.5 Å². The zero-order chi connectivity index (χ0) is 39.9. The molecule has 1 aliphatic heterocycles. The van der Waals surface area contributed by atoms with Crippen molar-refractivity contribution in [2.75, 3.05) is 33.5 Å². The van der Waals surface area contributed by atoms with Gasteiger partial charge in [-0.1, -0.05) is 72.6 Å². The number of Topliss-reactive ketones (excluding diaryl/α,β-unsaturated/α-hetero) is 2. The number of aromatic nitrogens is 1. The summed E-state index contributed by atoms with van der Waals surface area (Å²) in [5.74, 6) is -0.999. The van der Waals surface area contributed by atoms with Crippen LogP contribution >= 0.6 is 11.3 Å². The number of likely N-dealkylation sites (N-methyl/N-ethyl adjacent to an activating group) is 1. The fourth-order valence-electron chi connectivity index (χ4n) is 7.39. The number of carbonyl (C=O) groups excluding carboxylic acids is 4. The van der Waals surface area contributed by atoms with Gasteiger partial charge in [0.25, 0.3) is 5.91 Å². The van der Waals surface area contributed by atoms with Crippen molar-refractivity contribution in [3.8, 4) is 5.75 Å². The van der Waals surface area contributed by atoms with Gasteiger partial charge in [0.2, 0.25) is 5.91 Å². The van der Waals surface area contributed by atoms with Crippen molar-refractivity contribution in [1.82, 2.24) is 20.1 Å². The fourth-order valence-corrected chi connectivity index (χ4v) is 8.26. The lowest BCUT2D eigenvalue weighted by atomic mass is 9.82. The fraction of sp³-hybridized carbons (Fsp3) is 0.643. The summed E-state index contributed by atoms with van der Waals surface area (Å²) in [5, 5.41) is 15.4. The molecule has 11 nitrogen and oxygen atoms in total. The molecule has 7 atom stereocenters. The minimum atomic E-state index is -0.464. The molecule has 0 saturated carbocycles. The van der Waals surface area contributed by atoms with Crippen molar-refractivity contribution >= 4 is 34.7 Å². The average molecular weight is 768 g/mol. The molecular formula is C42H65N5O6S. The molecule has 4 N–H and O–H groups in total. The van der Waals surface area contributed by atoms with Crippen molar-refractivity contribution < 1.29 is 29.0 Å². The maximum absolute atomic E-state index is 14.6. The van der Waals surface area contributed by atoms with E-state index < -0.39 is 5.92 Å². The third-order valence-corrected chi connectivity index (χ3v) is 12.1. The number of nitrogens with zero attached hydrogens (tertiary/aromatic N) is 3.